The number of halogens is 1. The molecule has 0 N–H and O–H groups in total. The summed E-state index contributed by atoms with van der Waals surface area (Å²) < 4.78 is 13.1. The van der Waals surface area contributed by atoms with E-state index in [1.807, 2.05) is 4.90 Å². The van der Waals surface area contributed by atoms with Gasteiger partial charge in [-0.3, -0.25) is 14.6 Å². The fourth-order valence-electron chi connectivity index (χ4n) is 4.19. The van der Waals surface area contributed by atoms with Crippen LogP contribution in [0.2, 0.25) is 0 Å². The first-order chi connectivity index (χ1) is 13.1. The zero-order valence-corrected chi connectivity index (χ0v) is 15.1. The van der Waals surface area contributed by atoms with E-state index in [0.717, 1.165) is 18.4 Å². The maximum absolute atomic E-state index is 13.2. The quantitative estimate of drug-likeness (QED) is 0.838. The molecule has 2 aliphatic rings. The van der Waals surface area contributed by atoms with Crippen molar-refractivity contribution in [1.29, 1.82) is 0 Å². The molecule has 2 aliphatic heterocycles. The van der Waals surface area contributed by atoms with Crippen LogP contribution in [0.3, 0.4) is 0 Å². The van der Waals surface area contributed by atoms with Crippen molar-refractivity contribution < 1.29 is 14.0 Å². The van der Waals surface area contributed by atoms with E-state index in [9.17, 15) is 14.0 Å². The third-order valence-corrected chi connectivity index (χ3v) is 5.64. The lowest BCUT2D eigenvalue weighted by Crippen LogP contribution is -2.50. The van der Waals surface area contributed by atoms with Gasteiger partial charge in [-0.1, -0.05) is 18.2 Å². The lowest BCUT2D eigenvalue weighted by Gasteiger charge is -2.39. The molecule has 2 saturated heterocycles. The van der Waals surface area contributed by atoms with Crippen LogP contribution in [-0.4, -0.2) is 46.2 Å². The van der Waals surface area contributed by atoms with E-state index in [1.165, 1.54) is 12.1 Å². The van der Waals surface area contributed by atoms with Gasteiger partial charge >= 0.3 is 0 Å². The van der Waals surface area contributed by atoms with Gasteiger partial charge in [0, 0.05) is 32.4 Å². The van der Waals surface area contributed by atoms with Crippen LogP contribution >= 0.6 is 0 Å². The van der Waals surface area contributed by atoms with Crippen LogP contribution in [0.15, 0.2) is 48.7 Å². The normalized spacial score (nSPS) is 22.5. The van der Waals surface area contributed by atoms with Gasteiger partial charge in [-0.25, -0.2) is 4.39 Å². The van der Waals surface area contributed by atoms with Crippen LogP contribution < -0.4 is 0 Å². The minimum Gasteiger partial charge on any atom is -0.338 e. The van der Waals surface area contributed by atoms with Gasteiger partial charge in [0.2, 0.25) is 5.91 Å². The van der Waals surface area contributed by atoms with Crippen molar-refractivity contribution in [2.24, 2.45) is 5.41 Å². The Morgan fingerprint density at radius 1 is 1.11 bits per heavy atom. The van der Waals surface area contributed by atoms with Crippen molar-refractivity contribution in [3.05, 3.63) is 65.7 Å². The number of nitrogens with zero attached hydrogens (tertiary/aromatic N) is 3. The molecule has 140 valence electrons. The predicted molar refractivity (Wildman–Crippen MR) is 98.2 cm³/mol. The Balaban J connectivity index is 1.47. The molecule has 6 heteroatoms. The largest absolute Gasteiger partial charge is 0.338 e. The maximum atomic E-state index is 13.2. The number of rotatable bonds is 3. The van der Waals surface area contributed by atoms with Crippen LogP contribution in [0.1, 0.15) is 35.3 Å². The number of amides is 2. The number of hydrogen-bond acceptors (Lipinski definition) is 3. The van der Waals surface area contributed by atoms with Gasteiger partial charge in [0.1, 0.15) is 11.5 Å². The molecule has 1 aromatic heterocycles. The highest BCUT2D eigenvalue weighted by atomic mass is 19.1. The van der Waals surface area contributed by atoms with Crippen molar-refractivity contribution in [2.75, 3.05) is 19.6 Å². The zero-order valence-electron chi connectivity index (χ0n) is 15.1. The SMILES string of the molecule is O=C(c1ccccn1)N1CC[C@@]2(CCCN(Cc3ccc(F)cc3)C2=O)C1. The highest BCUT2D eigenvalue weighted by molar-refractivity contribution is 5.93. The summed E-state index contributed by atoms with van der Waals surface area (Å²) in [5.74, 6) is -0.287. The smallest absolute Gasteiger partial charge is 0.272 e. The van der Waals surface area contributed by atoms with Crippen LogP contribution in [0, 0.1) is 11.2 Å². The van der Waals surface area contributed by atoms with Crippen LogP contribution in [-0.2, 0) is 11.3 Å². The molecule has 27 heavy (non-hydrogen) atoms. The topological polar surface area (TPSA) is 53.5 Å². The monoisotopic (exact) mass is 367 g/mol. The molecule has 4 rings (SSSR count). The summed E-state index contributed by atoms with van der Waals surface area (Å²) in [4.78, 5) is 33.7. The number of carbonyl (C=O) groups is 2. The molecule has 0 aliphatic carbocycles. The molecule has 1 aromatic carbocycles. The van der Waals surface area contributed by atoms with Crippen LogP contribution in [0.4, 0.5) is 4.39 Å². The number of likely N-dealkylation sites (tertiary alicyclic amines) is 2. The second-order valence-electron chi connectivity index (χ2n) is 7.43. The summed E-state index contributed by atoms with van der Waals surface area (Å²) >= 11 is 0. The summed E-state index contributed by atoms with van der Waals surface area (Å²) in [6, 6.07) is 11.6. The van der Waals surface area contributed by atoms with Crippen molar-refractivity contribution in [3.8, 4) is 0 Å². The molecule has 1 atom stereocenters. The summed E-state index contributed by atoms with van der Waals surface area (Å²) in [6.07, 6.45) is 4.01. The Kier molecular flexibility index (Phi) is 4.64. The van der Waals surface area contributed by atoms with E-state index in [2.05, 4.69) is 4.98 Å². The highest BCUT2D eigenvalue weighted by Crippen LogP contribution is 2.40. The Hall–Kier alpha value is -2.76. The molecule has 0 saturated carbocycles. The van der Waals surface area contributed by atoms with Gasteiger partial charge in [0.25, 0.3) is 5.91 Å². The third-order valence-electron chi connectivity index (χ3n) is 5.64. The third kappa shape index (κ3) is 3.44. The molecule has 0 radical (unpaired) electrons. The van der Waals surface area contributed by atoms with E-state index in [4.69, 9.17) is 0 Å². The second-order valence-corrected chi connectivity index (χ2v) is 7.43. The standard InChI is InChI=1S/C21H22FN3O2/c22-17-7-5-16(6-8-17)14-24-12-3-9-21(20(24)27)10-13-25(15-21)19(26)18-4-1-2-11-23-18/h1-2,4-8,11H,3,9-10,12-15H2/t21-/m0/s1. The van der Waals surface area contributed by atoms with Gasteiger partial charge in [0.05, 0.1) is 5.41 Å². The zero-order chi connectivity index (χ0) is 18.9. The van der Waals surface area contributed by atoms with Gasteiger partial charge in [-0.05, 0) is 49.1 Å². The minimum absolute atomic E-state index is 0.106. The van der Waals surface area contributed by atoms with E-state index < -0.39 is 5.41 Å². The Bertz CT molecular complexity index is 840. The van der Waals surface area contributed by atoms with Gasteiger partial charge in [-0.15, -0.1) is 0 Å². The first kappa shape index (κ1) is 17.6. The first-order valence-electron chi connectivity index (χ1n) is 9.32. The van der Waals surface area contributed by atoms with Crippen LogP contribution in [0.5, 0.6) is 0 Å². The van der Waals surface area contributed by atoms with Gasteiger partial charge < -0.3 is 9.80 Å². The lowest BCUT2D eigenvalue weighted by molar-refractivity contribution is -0.146. The maximum Gasteiger partial charge on any atom is 0.272 e. The van der Waals surface area contributed by atoms with Gasteiger partial charge in [0.15, 0.2) is 0 Å². The number of pyridine rings is 1. The predicted octanol–water partition coefficient (Wildman–Crippen LogP) is 2.88. The van der Waals surface area contributed by atoms with E-state index in [0.29, 0.717) is 38.3 Å². The van der Waals surface area contributed by atoms with Crippen LogP contribution in [0.25, 0.3) is 0 Å². The first-order valence-corrected chi connectivity index (χ1v) is 9.32. The number of hydrogen-bond donors (Lipinski definition) is 0. The molecule has 2 aromatic rings. The molecular weight excluding hydrogens is 345 g/mol. The molecule has 5 nitrogen and oxygen atoms in total. The molecular formula is C21H22FN3O2. The molecule has 2 fully saturated rings. The van der Waals surface area contributed by atoms with E-state index >= 15 is 0 Å². The second kappa shape index (κ2) is 7.10. The average molecular weight is 367 g/mol. The van der Waals surface area contributed by atoms with Crippen molar-refractivity contribution in [1.82, 2.24) is 14.8 Å². The van der Waals surface area contributed by atoms with Crippen molar-refractivity contribution >= 4 is 11.8 Å². The minimum atomic E-state index is -0.497. The number of piperidine rings is 1. The van der Waals surface area contributed by atoms with Crippen molar-refractivity contribution in [3.63, 3.8) is 0 Å². The molecule has 1 spiro atoms. The van der Waals surface area contributed by atoms with Gasteiger partial charge in [-0.2, -0.15) is 0 Å². The summed E-state index contributed by atoms with van der Waals surface area (Å²) in [6.45, 7) is 2.20. The van der Waals surface area contributed by atoms with E-state index in [1.54, 1.807) is 41.4 Å². The molecule has 0 bridgehead atoms. The Morgan fingerprint density at radius 3 is 2.67 bits per heavy atom. The Morgan fingerprint density at radius 2 is 1.93 bits per heavy atom. The van der Waals surface area contributed by atoms with E-state index in [-0.39, 0.29) is 17.6 Å². The average Bonchev–Trinajstić information content (AvgIpc) is 3.12. The summed E-state index contributed by atoms with van der Waals surface area (Å²) in [5.41, 5.74) is 0.838. The summed E-state index contributed by atoms with van der Waals surface area (Å²) in [7, 11) is 0. The molecule has 0 unspecified atom stereocenters. The number of carbonyl (C=O) groups excluding carboxylic acids is 2. The molecule has 3 heterocycles. The lowest BCUT2D eigenvalue weighted by atomic mass is 9.78. The van der Waals surface area contributed by atoms with Crippen molar-refractivity contribution in [2.45, 2.75) is 25.8 Å². The highest BCUT2D eigenvalue weighted by Gasteiger charge is 2.49. The summed E-state index contributed by atoms with van der Waals surface area (Å²) in [5, 5.41) is 0. The fourth-order valence-corrected chi connectivity index (χ4v) is 4.19. The Labute approximate surface area is 157 Å². The molecule has 2 amide bonds. The fraction of sp³-hybridized carbons (Fsp3) is 0.381. The number of benzene rings is 1. The number of aromatic nitrogens is 1.